The molecule has 0 unspecified atom stereocenters. The van der Waals surface area contributed by atoms with Crippen LogP contribution in [0.2, 0.25) is 0 Å². The average Bonchev–Trinajstić information content (AvgIpc) is 3.10. The lowest BCUT2D eigenvalue weighted by Crippen LogP contribution is -2.19. The first kappa shape index (κ1) is 15.5. The maximum absolute atomic E-state index is 12.1. The van der Waals surface area contributed by atoms with Gasteiger partial charge in [-0.3, -0.25) is 14.2 Å². The topological polar surface area (TPSA) is 64.7 Å². The molecule has 6 nitrogen and oxygen atoms in total. The van der Waals surface area contributed by atoms with E-state index in [9.17, 15) is 4.79 Å². The molecule has 0 aliphatic carbocycles. The van der Waals surface area contributed by atoms with Crippen LogP contribution in [-0.2, 0) is 17.9 Å². The Balaban J connectivity index is 1.64. The maximum Gasteiger partial charge on any atom is 0.246 e. The summed E-state index contributed by atoms with van der Waals surface area (Å²) >= 11 is 3.39. The molecule has 0 atom stereocenters. The molecule has 0 spiro atoms. The van der Waals surface area contributed by atoms with E-state index in [2.05, 4.69) is 31.4 Å². The summed E-state index contributed by atoms with van der Waals surface area (Å²) in [5, 5.41) is 11.3. The summed E-state index contributed by atoms with van der Waals surface area (Å²) in [4.78, 5) is 12.1. The molecule has 0 aliphatic heterocycles. The van der Waals surface area contributed by atoms with Crippen molar-refractivity contribution < 1.29 is 4.79 Å². The molecule has 0 fully saturated rings. The first-order valence-corrected chi connectivity index (χ1v) is 7.95. The van der Waals surface area contributed by atoms with Crippen LogP contribution in [0, 0.1) is 6.92 Å². The smallest absolute Gasteiger partial charge is 0.246 e. The number of benzene rings is 1. The van der Waals surface area contributed by atoms with Crippen molar-refractivity contribution in [2.24, 2.45) is 0 Å². The van der Waals surface area contributed by atoms with E-state index in [4.69, 9.17) is 0 Å². The first-order valence-electron chi connectivity index (χ1n) is 7.16. The van der Waals surface area contributed by atoms with Crippen molar-refractivity contribution in [1.29, 1.82) is 0 Å². The molecule has 3 rings (SSSR count). The molecule has 0 bridgehead atoms. The van der Waals surface area contributed by atoms with Gasteiger partial charge in [0.25, 0.3) is 0 Å². The second-order valence-electron chi connectivity index (χ2n) is 5.21. The Hall–Kier alpha value is -2.41. The number of aromatic nitrogens is 4. The Morgan fingerprint density at radius 1 is 1.30 bits per heavy atom. The van der Waals surface area contributed by atoms with Crippen molar-refractivity contribution >= 4 is 27.5 Å². The highest BCUT2D eigenvalue weighted by atomic mass is 79.9. The number of nitrogens with one attached hydrogen (secondary N) is 1. The van der Waals surface area contributed by atoms with E-state index in [1.807, 2.05) is 48.1 Å². The van der Waals surface area contributed by atoms with E-state index in [0.717, 1.165) is 21.4 Å². The summed E-state index contributed by atoms with van der Waals surface area (Å²) in [6.45, 7) is 2.73. The van der Waals surface area contributed by atoms with Gasteiger partial charge in [0.15, 0.2) is 0 Å². The molecule has 7 heteroatoms. The zero-order valence-electron chi connectivity index (χ0n) is 12.6. The molecule has 1 amide bonds. The van der Waals surface area contributed by atoms with Gasteiger partial charge in [-0.1, -0.05) is 12.1 Å². The third-order valence-corrected chi connectivity index (χ3v) is 4.09. The highest BCUT2D eigenvalue weighted by Gasteiger charge is 2.07. The molecule has 3 aromatic rings. The summed E-state index contributed by atoms with van der Waals surface area (Å²) in [7, 11) is 0. The number of hydrogen-bond acceptors (Lipinski definition) is 3. The number of rotatable bonds is 5. The Labute approximate surface area is 142 Å². The second kappa shape index (κ2) is 6.78. The lowest BCUT2D eigenvalue weighted by molar-refractivity contribution is -0.116. The Morgan fingerprint density at radius 2 is 2.17 bits per heavy atom. The first-order chi connectivity index (χ1) is 11.1. The van der Waals surface area contributed by atoms with Gasteiger partial charge in [0.05, 0.1) is 16.7 Å². The highest BCUT2D eigenvalue weighted by Crippen LogP contribution is 2.14. The minimum absolute atomic E-state index is 0.115. The van der Waals surface area contributed by atoms with Crippen molar-refractivity contribution in [2.75, 3.05) is 5.32 Å². The van der Waals surface area contributed by atoms with Crippen molar-refractivity contribution in [2.45, 2.75) is 20.0 Å². The van der Waals surface area contributed by atoms with E-state index >= 15 is 0 Å². The van der Waals surface area contributed by atoms with Crippen LogP contribution < -0.4 is 5.32 Å². The summed E-state index contributed by atoms with van der Waals surface area (Å²) in [5.41, 5.74) is 2.70. The molecule has 118 valence electrons. The van der Waals surface area contributed by atoms with Gasteiger partial charge in [-0.15, -0.1) is 0 Å². The largest absolute Gasteiger partial charge is 0.324 e. The fraction of sp³-hybridized carbons (Fsp3) is 0.188. The molecule has 0 aliphatic rings. The minimum Gasteiger partial charge on any atom is -0.324 e. The highest BCUT2D eigenvalue weighted by molar-refractivity contribution is 9.10. The van der Waals surface area contributed by atoms with E-state index < -0.39 is 0 Å². The molecule has 1 aromatic carbocycles. The number of amides is 1. The fourth-order valence-corrected chi connectivity index (χ4v) is 2.57. The van der Waals surface area contributed by atoms with Crippen LogP contribution >= 0.6 is 15.9 Å². The van der Waals surface area contributed by atoms with Gasteiger partial charge in [-0.25, -0.2) is 0 Å². The van der Waals surface area contributed by atoms with Crippen LogP contribution in [0.15, 0.2) is 53.4 Å². The van der Waals surface area contributed by atoms with E-state index in [1.54, 1.807) is 17.1 Å². The lowest BCUT2D eigenvalue weighted by Gasteiger charge is -2.08. The number of carbonyl (C=O) groups excluding carboxylic acids is 1. The molecular formula is C16H16BrN5O. The summed E-state index contributed by atoms with van der Waals surface area (Å²) < 4.78 is 4.35. The SMILES string of the molecule is Cc1nn(CC(=O)Nc2cccc(Cn3cccn3)c2)cc1Br. The van der Waals surface area contributed by atoms with Crippen molar-refractivity contribution in [3.8, 4) is 0 Å². The van der Waals surface area contributed by atoms with Gasteiger partial charge < -0.3 is 5.32 Å². The third-order valence-electron chi connectivity index (χ3n) is 3.31. The second-order valence-corrected chi connectivity index (χ2v) is 6.07. The molecule has 1 N–H and O–H groups in total. The molecule has 2 heterocycles. The van der Waals surface area contributed by atoms with Crippen molar-refractivity contribution in [3.05, 3.63) is 64.7 Å². The Bertz CT molecular complexity index is 790. The molecule has 0 saturated heterocycles. The number of carbonyl (C=O) groups is 1. The van der Waals surface area contributed by atoms with Crippen LogP contribution in [0.4, 0.5) is 5.69 Å². The third kappa shape index (κ3) is 4.07. The van der Waals surface area contributed by atoms with Gasteiger partial charge >= 0.3 is 0 Å². The predicted molar refractivity (Wildman–Crippen MR) is 91.1 cm³/mol. The quantitative estimate of drug-likeness (QED) is 0.747. The number of anilines is 1. The molecular weight excluding hydrogens is 358 g/mol. The van der Waals surface area contributed by atoms with Crippen LogP contribution in [0.5, 0.6) is 0 Å². The Morgan fingerprint density at radius 3 is 2.87 bits per heavy atom. The van der Waals surface area contributed by atoms with Crippen LogP contribution in [-0.4, -0.2) is 25.5 Å². The molecule has 2 aromatic heterocycles. The van der Waals surface area contributed by atoms with Gasteiger partial charge in [0, 0.05) is 24.3 Å². The fourth-order valence-electron chi connectivity index (χ4n) is 2.25. The summed E-state index contributed by atoms with van der Waals surface area (Å²) in [5.74, 6) is -0.115. The zero-order valence-corrected chi connectivity index (χ0v) is 14.2. The number of hydrogen-bond donors (Lipinski definition) is 1. The summed E-state index contributed by atoms with van der Waals surface area (Å²) in [6, 6.07) is 9.63. The monoisotopic (exact) mass is 373 g/mol. The van der Waals surface area contributed by atoms with Crippen molar-refractivity contribution in [3.63, 3.8) is 0 Å². The van der Waals surface area contributed by atoms with Gasteiger partial charge in [-0.05, 0) is 46.6 Å². The normalized spacial score (nSPS) is 10.7. The van der Waals surface area contributed by atoms with E-state index in [1.165, 1.54) is 0 Å². The maximum atomic E-state index is 12.1. The number of halogens is 1. The zero-order chi connectivity index (χ0) is 16.2. The van der Waals surface area contributed by atoms with E-state index in [0.29, 0.717) is 6.54 Å². The lowest BCUT2D eigenvalue weighted by atomic mass is 10.2. The molecule has 0 saturated carbocycles. The van der Waals surface area contributed by atoms with Crippen LogP contribution in [0.3, 0.4) is 0 Å². The minimum atomic E-state index is -0.115. The number of nitrogens with zero attached hydrogens (tertiary/aromatic N) is 4. The molecule has 23 heavy (non-hydrogen) atoms. The molecule has 0 radical (unpaired) electrons. The summed E-state index contributed by atoms with van der Waals surface area (Å²) in [6.07, 6.45) is 5.45. The van der Waals surface area contributed by atoms with Gasteiger partial charge in [-0.2, -0.15) is 10.2 Å². The van der Waals surface area contributed by atoms with Gasteiger partial charge in [0.2, 0.25) is 5.91 Å². The van der Waals surface area contributed by atoms with Crippen LogP contribution in [0.25, 0.3) is 0 Å². The number of aryl methyl sites for hydroxylation is 1. The van der Waals surface area contributed by atoms with E-state index in [-0.39, 0.29) is 12.5 Å². The standard InChI is InChI=1S/C16H16BrN5O/c1-12-15(17)10-22(20-12)11-16(23)19-14-5-2-4-13(8-14)9-21-7-3-6-18-21/h2-8,10H,9,11H2,1H3,(H,19,23). The van der Waals surface area contributed by atoms with Crippen LogP contribution in [0.1, 0.15) is 11.3 Å². The predicted octanol–water partition coefficient (Wildman–Crippen LogP) is 2.84. The van der Waals surface area contributed by atoms with Gasteiger partial charge in [0.1, 0.15) is 6.54 Å². The van der Waals surface area contributed by atoms with Crippen molar-refractivity contribution in [1.82, 2.24) is 19.6 Å². The average molecular weight is 374 g/mol. The Kier molecular flexibility index (Phi) is 4.57.